The molecule has 9 heteroatoms. The Morgan fingerprint density at radius 1 is 1.21 bits per heavy atom. The highest BCUT2D eigenvalue weighted by atomic mass is 16.5. The van der Waals surface area contributed by atoms with E-state index in [1.807, 2.05) is 6.92 Å². The van der Waals surface area contributed by atoms with Crippen LogP contribution in [0.2, 0.25) is 0 Å². The number of nitrogens with two attached hydrogens (primary N) is 1. The first-order chi connectivity index (χ1) is 13.8. The predicted octanol–water partition coefficient (Wildman–Crippen LogP) is 2.36. The van der Waals surface area contributed by atoms with Gasteiger partial charge in [-0.1, -0.05) is 0 Å². The molecule has 2 heterocycles. The molecule has 9 nitrogen and oxygen atoms in total. The lowest BCUT2D eigenvalue weighted by atomic mass is 10.1. The van der Waals surface area contributed by atoms with Crippen molar-refractivity contribution in [2.75, 3.05) is 25.3 Å². The Labute approximate surface area is 167 Å². The number of aryl methyl sites for hydroxylation is 2. The van der Waals surface area contributed by atoms with Crippen LogP contribution in [0.5, 0.6) is 11.5 Å². The third-order valence-corrected chi connectivity index (χ3v) is 4.30. The van der Waals surface area contributed by atoms with E-state index in [1.54, 1.807) is 31.2 Å². The number of carbonyl (C=O) groups excluding carboxylic acids is 1. The van der Waals surface area contributed by atoms with Gasteiger partial charge in [0.15, 0.2) is 0 Å². The number of amides is 1. The van der Waals surface area contributed by atoms with Crippen molar-refractivity contribution in [3.63, 3.8) is 0 Å². The lowest BCUT2D eigenvalue weighted by molar-refractivity contribution is -0.117. The number of hydrogen-bond donors (Lipinski definition) is 2. The van der Waals surface area contributed by atoms with Crippen LogP contribution in [0.25, 0.3) is 11.3 Å². The quantitative estimate of drug-likeness (QED) is 0.653. The second-order valence-electron chi connectivity index (χ2n) is 6.39. The molecule has 0 bridgehead atoms. The van der Waals surface area contributed by atoms with E-state index >= 15 is 0 Å². The Balaban J connectivity index is 1.87. The van der Waals surface area contributed by atoms with Crippen molar-refractivity contribution in [3.8, 4) is 22.8 Å². The zero-order valence-corrected chi connectivity index (χ0v) is 16.6. The molecule has 3 N–H and O–H groups in total. The number of nitrogens with one attached hydrogen (secondary N) is 1. The number of methoxy groups -OCH3 is 2. The Bertz CT molecular complexity index is 1120. The second kappa shape index (κ2) is 8.09. The minimum Gasteiger partial charge on any atom is -0.497 e. The SMILES string of the molecule is COc1ccc(NC(=O)Cn2nc(-c3cc(C)oc3C)cc(N)c2=O)c(OC)c1. The lowest BCUT2D eigenvalue weighted by Crippen LogP contribution is -2.31. The van der Waals surface area contributed by atoms with E-state index in [1.165, 1.54) is 20.3 Å². The van der Waals surface area contributed by atoms with Crippen molar-refractivity contribution in [2.24, 2.45) is 0 Å². The highest BCUT2D eigenvalue weighted by Crippen LogP contribution is 2.29. The Morgan fingerprint density at radius 3 is 2.59 bits per heavy atom. The highest BCUT2D eigenvalue weighted by Gasteiger charge is 2.16. The Morgan fingerprint density at radius 2 is 1.97 bits per heavy atom. The predicted molar refractivity (Wildman–Crippen MR) is 108 cm³/mol. The number of anilines is 2. The number of carbonyl (C=O) groups is 1. The molecule has 1 aromatic carbocycles. The average molecular weight is 398 g/mol. The van der Waals surface area contributed by atoms with Gasteiger partial charge in [0.25, 0.3) is 5.56 Å². The zero-order valence-electron chi connectivity index (χ0n) is 16.6. The first kappa shape index (κ1) is 20.0. The molecule has 29 heavy (non-hydrogen) atoms. The summed E-state index contributed by atoms with van der Waals surface area (Å²) < 4.78 is 16.9. The minimum atomic E-state index is -0.552. The molecule has 2 aromatic heterocycles. The highest BCUT2D eigenvalue weighted by molar-refractivity contribution is 5.92. The molecule has 152 valence electrons. The number of aromatic nitrogens is 2. The maximum atomic E-state index is 12.5. The van der Waals surface area contributed by atoms with Crippen molar-refractivity contribution in [3.05, 3.63) is 52.2 Å². The molecule has 0 atom stereocenters. The maximum Gasteiger partial charge on any atom is 0.290 e. The van der Waals surface area contributed by atoms with Gasteiger partial charge in [0.2, 0.25) is 5.91 Å². The van der Waals surface area contributed by atoms with Crippen molar-refractivity contribution >= 4 is 17.3 Å². The first-order valence-electron chi connectivity index (χ1n) is 8.79. The summed E-state index contributed by atoms with van der Waals surface area (Å²) in [6, 6.07) is 8.25. The van der Waals surface area contributed by atoms with Crippen LogP contribution in [0.1, 0.15) is 11.5 Å². The summed E-state index contributed by atoms with van der Waals surface area (Å²) in [5, 5.41) is 6.99. The van der Waals surface area contributed by atoms with Crippen LogP contribution >= 0.6 is 0 Å². The van der Waals surface area contributed by atoms with Gasteiger partial charge in [-0.05, 0) is 38.1 Å². The van der Waals surface area contributed by atoms with Gasteiger partial charge in [-0.3, -0.25) is 9.59 Å². The molecule has 0 aliphatic heterocycles. The first-order valence-corrected chi connectivity index (χ1v) is 8.79. The maximum absolute atomic E-state index is 12.5. The fourth-order valence-electron chi connectivity index (χ4n) is 2.91. The van der Waals surface area contributed by atoms with E-state index in [9.17, 15) is 9.59 Å². The van der Waals surface area contributed by atoms with Gasteiger partial charge in [-0.2, -0.15) is 5.10 Å². The molecule has 0 spiro atoms. The van der Waals surface area contributed by atoms with Gasteiger partial charge in [0.05, 0.1) is 25.6 Å². The zero-order chi connectivity index (χ0) is 21.1. The number of rotatable bonds is 6. The lowest BCUT2D eigenvalue weighted by Gasteiger charge is -2.12. The van der Waals surface area contributed by atoms with Crippen LogP contribution in [-0.2, 0) is 11.3 Å². The largest absolute Gasteiger partial charge is 0.497 e. The summed E-state index contributed by atoms with van der Waals surface area (Å²) in [5.74, 6) is 1.91. The molecule has 0 aliphatic rings. The molecular weight excluding hydrogens is 376 g/mol. The molecule has 3 rings (SSSR count). The van der Waals surface area contributed by atoms with E-state index in [4.69, 9.17) is 19.6 Å². The summed E-state index contributed by atoms with van der Waals surface area (Å²) in [7, 11) is 3.02. The number of benzene rings is 1. The van der Waals surface area contributed by atoms with Crippen molar-refractivity contribution in [1.82, 2.24) is 9.78 Å². The third kappa shape index (κ3) is 4.23. The van der Waals surface area contributed by atoms with E-state index in [-0.39, 0.29) is 12.2 Å². The summed E-state index contributed by atoms with van der Waals surface area (Å²) in [5.41, 5.74) is 6.89. The van der Waals surface area contributed by atoms with Crippen molar-refractivity contribution in [1.29, 1.82) is 0 Å². The molecule has 0 aliphatic carbocycles. The molecular formula is C20H22N4O5. The van der Waals surface area contributed by atoms with Crippen LogP contribution in [0.3, 0.4) is 0 Å². The van der Waals surface area contributed by atoms with Crippen molar-refractivity contribution in [2.45, 2.75) is 20.4 Å². The molecule has 0 saturated carbocycles. The van der Waals surface area contributed by atoms with Gasteiger partial charge < -0.3 is 24.9 Å². The van der Waals surface area contributed by atoms with Crippen LogP contribution in [0.15, 0.2) is 39.5 Å². The van der Waals surface area contributed by atoms with Crippen LogP contribution in [0, 0.1) is 13.8 Å². The molecule has 3 aromatic rings. The van der Waals surface area contributed by atoms with Gasteiger partial charge in [-0.15, -0.1) is 0 Å². The number of furan rings is 1. The summed E-state index contributed by atoms with van der Waals surface area (Å²) in [6.45, 7) is 3.28. The van der Waals surface area contributed by atoms with Gasteiger partial charge in [0.1, 0.15) is 35.3 Å². The number of hydrogen-bond acceptors (Lipinski definition) is 7. The normalized spacial score (nSPS) is 10.6. The Hall–Kier alpha value is -3.75. The smallest absolute Gasteiger partial charge is 0.290 e. The molecule has 0 fully saturated rings. The monoisotopic (exact) mass is 398 g/mol. The number of nitrogen functional groups attached to an aromatic ring is 1. The van der Waals surface area contributed by atoms with Crippen LogP contribution in [-0.4, -0.2) is 29.9 Å². The standard InChI is InChI=1S/C20H22N4O5/c1-11-7-14(12(2)29-11)17-9-15(21)20(26)24(23-17)10-19(25)22-16-6-5-13(27-3)8-18(16)28-4/h5-9H,10,21H2,1-4H3,(H,22,25). The average Bonchev–Trinajstić information content (AvgIpc) is 3.03. The van der Waals surface area contributed by atoms with Gasteiger partial charge in [0, 0.05) is 11.6 Å². The third-order valence-electron chi connectivity index (χ3n) is 4.30. The Kier molecular flexibility index (Phi) is 5.58. The number of nitrogens with zero attached hydrogens (tertiary/aromatic N) is 2. The summed E-state index contributed by atoms with van der Waals surface area (Å²) in [6.07, 6.45) is 0. The molecule has 0 unspecified atom stereocenters. The molecule has 0 saturated heterocycles. The number of ether oxygens (including phenoxy) is 2. The second-order valence-corrected chi connectivity index (χ2v) is 6.39. The molecule has 0 radical (unpaired) electrons. The fraction of sp³-hybridized carbons (Fsp3) is 0.250. The minimum absolute atomic E-state index is 0.0110. The fourth-order valence-corrected chi connectivity index (χ4v) is 2.91. The topological polar surface area (TPSA) is 122 Å². The van der Waals surface area contributed by atoms with Crippen LogP contribution < -0.4 is 26.1 Å². The van der Waals surface area contributed by atoms with E-state index < -0.39 is 11.5 Å². The van der Waals surface area contributed by atoms with Gasteiger partial charge >= 0.3 is 0 Å². The van der Waals surface area contributed by atoms with Crippen LogP contribution in [0.4, 0.5) is 11.4 Å². The van der Waals surface area contributed by atoms with Gasteiger partial charge in [-0.25, -0.2) is 4.68 Å². The van der Waals surface area contributed by atoms with Crippen molar-refractivity contribution < 1.29 is 18.7 Å². The summed E-state index contributed by atoms with van der Waals surface area (Å²) >= 11 is 0. The van der Waals surface area contributed by atoms with E-state index in [2.05, 4.69) is 10.4 Å². The van der Waals surface area contributed by atoms with E-state index in [0.29, 0.717) is 40.0 Å². The van der Waals surface area contributed by atoms with E-state index in [0.717, 1.165) is 4.68 Å². The molecule has 1 amide bonds. The summed E-state index contributed by atoms with van der Waals surface area (Å²) in [4.78, 5) is 24.9.